The summed E-state index contributed by atoms with van der Waals surface area (Å²) in [6.45, 7) is 7.20. The van der Waals surface area contributed by atoms with Crippen LogP contribution < -0.4 is 5.32 Å². The van der Waals surface area contributed by atoms with E-state index in [0.29, 0.717) is 11.9 Å². The Bertz CT molecular complexity index is 286. The molecule has 1 N–H and O–H groups in total. The smallest absolute Gasteiger partial charge is 0.230 e. The van der Waals surface area contributed by atoms with Gasteiger partial charge in [0, 0.05) is 19.1 Å². The van der Waals surface area contributed by atoms with Crippen LogP contribution >= 0.6 is 0 Å². The third-order valence-electron chi connectivity index (χ3n) is 5.02. The number of hydrogen-bond acceptors (Lipinski definition) is 2. The molecule has 0 aromatic heterocycles. The molecule has 1 aliphatic carbocycles. The molecule has 1 saturated carbocycles. The summed E-state index contributed by atoms with van der Waals surface area (Å²) in [5.74, 6) is 0.441. The predicted octanol–water partition coefficient (Wildman–Crippen LogP) is 2.95. The van der Waals surface area contributed by atoms with Crippen LogP contribution in [0.4, 0.5) is 0 Å². The molecule has 0 bridgehead atoms. The molecule has 1 saturated heterocycles. The quantitative estimate of drug-likeness (QED) is 0.830. The molecule has 110 valence electrons. The van der Waals surface area contributed by atoms with Crippen molar-refractivity contribution in [2.45, 2.75) is 71.3 Å². The number of nitrogens with zero attached hydrogens (tertiary/aromatic N) is 1. The summed E-state index contributed by atoms with van der Waals surface area (Å²) in [6.07, 6.45) is 9.41. The molecule has 0 aromatic carbocycles. The van der Waals surface area contributed by atoms with Crippen LogP contribution in [0, 0.1) is 5.41 Å². The van der Waals surface area contributed by atoms with Gasteiger partial charge in [0.15, 0.2) is 0 Å². The van der Waals surface area contributed by atoms with Crippen LogP contribution in [0.25, 0.3) is 0 Å². The van der Waals surface area contributed by atoms with Crippen molar-refractivity contribution >= 4 is 5.91 Å². The van der Waals surface area contributed by atoms with Gasteiger partial charge in [-0.15, -0.1) is 0 Å². The number of nitrogens with one attached hydrogen (secondary N) is 1. The molecular weight excluding hydrogens is 236 g/mol. The molecule has 0 radical (unpaired) electrons. The lowest BCUT2D eigenvalue weighted by molar-refractivity contribution is -0.146. The van der Waals surface area contributed by atoms with Crippen LogP contribution in [0.3, 0.4) is 0 Å². The second-order valence-electron chi connectivity index (χ2n) is 6.34. The van der Waals surface area contributed by atoms with E-state index in [4.69, 9.17) is 0 Å². The maximum atomic E-state index is 13.1. The molecule has 2 fully saturated rings. The Kier molecular flexibility index (Phi) is 5.26. The standard InChI is InChI=1S/C16H30N2O/c1-3-10-16(11-7-12-17-13-16)15(19)18(4-2)14-8-5-6-9-14/h14,17H,3-13H2,1-2H3. The van der Waals surface area contributed by atoms with E-state index in [1.165, 1.54) is 25.7 Å². The highest BCUT2D eigenvalue weighted by atomic mass is 16.2. The van der Waals surface area contributed by atoms with Gasteiger partial charge in [-0.05, 0) is 45.6 Å². The Morgan fingerprint density at radius 1 is 1.26 bits per heavy atom. The Balaban J connectivity index is 2.12. The van der Waals surface area contributed by atoms with Gasteiger partial charge < -0.3 is 10.2 Å². The van der Waals surface area contributed by atoms with E-state index in [1.54, 1.807) is 0 Å². The highest BCUT2D eigenvalue weighted by molar-refractivity contribution is 5.83. The molecule has 1 heterocycles. The lowest BCUT2D eigenvalue weighted by Gasteiger charge is -2.42. The van der Waals surface area contributed by atoms with Crippen LogP contribution in [-0.4, -0.2) is 36.5 Å². The van der Waals surface area contributed by atoms with Crippen molar-refractivity contribution in [3.05, 3.63) is 0 Å². The van der Waals surface area contributed by atoms with E-state index < -0.39 is 0 Å². The second kappa shape index (κ2) is 6.74. The number of carbonyl (C=O) groups is 1. The largest absolute Gasteiger partial charge is 0.339 e. The number of rotatable bonds is 5. The van der Waals surface area contributed by atoms with E-state index in [9.17, 15) is 4.79 Å². The predicted molar refractivity (Wildman–Crippen MR) is 79.1 cm³/mol. The van der Waals surface area contributed by atoms with Crippen LogP contribution in [0.1, 0.15) is 65.2 Å². The van der Waals surface area contributed by atoms with Crippen molar-refractivity contribution < 1.29 is 4.79 Å². The van der Waals surface area contributed by atoms with Crippen LogP contribution in [0.5, 0.6) is 0 Å². The van der Waals surface area contributed by atoms with E-state index >= 15 is 0 Å². The van der Waals surface area contributed by atoms with Gasteiger partial charge in [0.2, 0.25) is 5.91 Å². The van der Waals surface area contributed by atoms with Crippen molar-refractivity contribution in [1.82, 2.24) is 10.2 Å². The lowest BCUT2D eigenvalue weighted by atomic mass is 9.75. The van der Waals surface area contributed by atoms with Crippen molar-refractivity contribution in [2.24, 2.45) is 5.41 Å². The van der Waals surface area contributed by atoms with Gasteiger partial charge >= 0.3 is 0 Å². The zero-order chi connectivity index (χ0) is 13.7. The number of hydrogen-bond donors (Lipinski definition) is 1. The van der Waals surface area contributed by atoms with E-state index in [1.807, 2.05) is 0 Å². The van der Waals surface area contributed by atoms with Crippen molar-refractivity contribution in [3.63, 3.8) is 0 Å². The SMILES string of the molecule is CCCC1(C(=O)N(CC)C2CCCC2)CCCNC1. The number of piperidine rings is 1. The topological polar surface area (TPSA) is 32.3 Å². The number of amides is 1. The second-order valence-corrected chi connectivity index (χ2v) is 6.34. The first-order valence-corrected chi connectivity index (χ1v) is 8.25. The fourth-order valence-electron chi connectivity index (χ4n) is 4.04. The van der Waals surface area contributed by atoms with Gasteiger partial charge in [-0.3, -0.25) is 4.79 Å². The van der Waals surface area contributed by atoms with Gasteiger partial charge in [-0.25, -0.2) is 0 Å². The van der Waals surface area contributed by atoms with Gasteiger partial charge in [-0.1, -0.05) is 26.2 Å². The van der Waals surface area contributed by atoms with Crippen molar-refractivity contribution in [3.8, 4) is 0 Å². The normalized spacial score (nSPS) is 28.5. The molecule has 3 heteroatoms. The van der Waals surface area contributed by atoms with Gasteiger partial charge in [0.1, 0.15) is 0 Å². The summed E-state index contributed by atoms with van der Waals surface area (Å²) >= 11 is 0. The third kappa shape index (κ3) is 3.13. The minimum Gasteiger partial charge on any atom is -0.339 e. The Labute approximate surface area is 118 Å². The highest BCUT2D eigenvalue weighted by Crippen LogP contribution is 2.36. The molecule has 0 aromatic rings. The fraction of sp³-hybridized carbons (Fsp3) is 0.938. The maximum absolute atomic E-state index is 13.1. The summed E-state index contributed by atoms with van der Waals surface area (Å²) in [7, 11) is 0. The first-order chi connectivity index (χ1) is 9.23. The molecular formula is C16H30N2O. The highest BCUT2D eigenvalue weighted by Gasteiger charge is 2.42. The third-order valence-corrected chi connectivity index (χ3v) is 5.02. The van der Waals surface area contributed by atoms with Gasteiger partial charge in [-0.2, -0.15) is 0 Å². The molecule has 19 heavy (non-hydrogen) atoms. The minimum atomic E-state index is -0.106. The van der Waals surface area contributed by atoms with Gasteiger partial charge in [0.05, 0.1) is 5.41 Å². The maximum Gasteiger partial charge on any atom is 0.230 e. The Morgan fingerprint density at radius 3 is 2.53 bits per heavy atom. The average molecular weight is 266 g/mol. The fourth-order valence-corrected chi connectivity index (χ4v) is 4.04. The Hall–Kier alpha value is -0.570. The van der Waals surface area contributed by atoms with Crippen molar-refractivity contribution in [1.29, 1.82) is 0 Å². The lowest BCUT2D eigenvalue weighted by Crippen LogP contribution is -2.54. The first-order valence-electron chi connectivity index (χ1n) is 8.25. The van der Waals surface area contributed by atoms with E-state index in [-0.39, 0.29) is 5.41 Å². The van der Waals surface area contributed by atoms with Crippen molar-refractivity contribution in [2.75, 3.05) is 19.6 Å². The van der Waals surface area contributed by atoms with Crippen LogP contribution in [0.15, 0.2) is 0 Å². The first kappa shape index (κ1) is 14.8. The summed E-state index contributed by atoms with van der Waals surface area (Å²) in [4.78, 5) is 15.3. The molecule has 2 rings (SSSR count). The van der Waals surface area contributed by atoms with Crippen LogP contribution in [-0.2, 0) is 4.79 Å². The molecule has 1 aliphatic heterocycles. The zero-order valence-electron chi connectivity index (χ0n) is 12.7. The minimum absolute atomic E-state index is 0.106. The number of carbonyl (C=O) groups excluding carboxylic acids is 1. The summed E-state index contributed by atoms with van der Waals surface area (Å²) in [5.41, 5.74) is -0.106. The van der Waals surface area contributed by atoms with E-state index in [2.05, 4.69) is 24.1 Å². The molecule has 1 unspecified atom stereocenters. The summed E-state index contributed by atoms with van der Waals surface area (Å²) in [6, 6.07) is 0.521. The Morgan fingerprint density at radius 2 is 2.00 bits per heavy atom. The summed E-state index contributed by atoms with van der Waals surface area (Å²) in [5, 5.41) is 3.46. The molecule has 1 atom stereocenters. The monoisotopic (exact) mass is 266 g/mol. The van der Waals surface area contributed by atoms with E-state index in [0.717, 1.165) is 45.3 Å². The molecule has 0 spiro atoms. The molecule has 2 aliphatic rings. The van der Waals surface area contributed by atoms with Gasteiger partial charge in [0.25, 0.3) is 0 Å². The van der Waals surface area contributed by atoms with Crippen LogP contribution in [0.2, 0.25) is 0 Å². The summed E-state index contributed by atoms with van der Waals surface area (Å²) < 4.78 is 0. The average Bonchev–Trinajstić information content (AvgIpc) is 2.95. The molecule has 1 amide bonds. The molecule has 3 nitrogen and oxygen atoms in total. The zero-order valence-corrected chi connectivity index (χ0v) is 12.7.